The van der Waals surface area contributed by atoms with Crippen LogP contribution >= 0.6 is 11.8 Å². The maximum absolute atomic E-state index is 12.2. The minimum atomic E-state index is -3.35. The molecule has 7 nitrogen and oxygen atoms in total. The molecular formula is C19H21N3O4S2. The molecule has 1 heterocycles. The van der Waals surface area contributed by atoms with Crippen LogP contribution in [-0.2, 0) is 10.0 Å². The summed E-state index contributed by atoms with van der Waals surface area (Å²) in [5.74, 6) is 2.41. The normalized spacial score (nSPS) is 14.5. The van der Waals surface area contributed by atoms with Crippen molar-refractivity contribution in [1.82, 2.24) is 5.43 Å². The van der Waals surface area contributed by atoms with Gasteiger partial charge in [-0.15, -0.1) is 0 Å². The van der Waals surface area contributed by atoms with Crippen LogP contribution in [0.4, 0.5) is 5.69 Å². The van der Waals surface area contributed by atoms with Gasteiger partial charge in [-0.3, -0.25) is 9.10 Å². The minimum Gasteiger partial charge on any atom is -0.489 e. The molecule has 1 amide bonds. The third kappa shape index (κ3) is 5.26. The topological polar surface area (TPSA) is 88.1 Å². The number of hydrogen-bond acceptors (Lipinski definition) is 6. The Balaban J connectivity index is 1.58. The first kappa shape index (κ1) is 20.2. The summed E-state index contributed by atoms with van der Waals surface area (Å²) in [6, 6.07) is 13.7. The number of nitrogens with one attached hydrogen (secondary N) is 1. The Morgan fingerprint density at radius 1 is 1.25 bits per heavy atom. The van der Waals surface area contributed by atoms with Crippen LogP contribution in [0.15, 0.2) is 53.6 Å². The largest absolute Gasteiger partial charge is 0.489 e. The number of thioether (sulfide) groups is 1. The van der Waals surface area contributed by atoms with Crippen molar-refractivity contribution in [3.63, 3.8) is 0 Å². The van der Waals surface area contributed by atoms with Crippen molar-refractivity contribution < 1.29 is 17.9 Å². The van der Waals surface area contributed by atoms with E-state index in [2.05, 4.69) is 10.5 Å². The summed E-state index contributed by atoms with van der Waals surface area (Å²) in [7, 11) is -1.89. The van der Waals surface area contributed by atoms with Crippen LogP contribution in [0.1, 0.15) is 15.9 Å². The van der Waals surface area contributed by atoms with Gasteiger partial charge in [0.05, 0.1) is 18.2 Å². The summed E-state index contributed by atoms with van der Waals surface area (Å²) in [5.41, 5.74) is 4.13. The summed E-state index contributed by atoms with van der Waals surface area (Å²) in [4.78, 5) is 12.2. The number of sulfonamides is 1. The molecule has 0 unspecified atom stereocenters. The molecule has 1 aliphatic heterocycles. The molecule has 0 saturated carbocycles. The van der Waals surface area contributed by atoms with Gasteiger partial charge < -0.3 is 4.74 Å². The van der Waals surface area contributed by atoms with E-state index in [1.807, 2.05) is 36.0 Å². The van der Waals surface area contributed by atoms with Crippen LogP contribution in [0, 0.1) is 0 Å². The van der Waals surface area contributed by atoms with Crippen LogP contribution in [0.5, 0.6) is 5.75 Å². The molecule has 1 N–H and O–H groups in total. The van der Waals surface area contributed by atoms with Crippen LogP contribution in [0.25, 0.3) is 0 Å². The predicted molar refractivity (Wildman–Crippen MR) is 113 cm³/mol. The highest BCUT2D eigenvalue weighted by atomic mass is 32.2. The summed E-state index contributed by atoms with van der Waals surface area (Å²) in [5, 5.41) is 3.98. The Kier molecular flexibility index (Phi) is 6.25. The van der Waals surface area contributed by atoms with Gasteiger partial charge in [0, 0.05) is 24.1 Å². The Bertz CT molecular complexity index is 971. The molecule has 3 rings (SSSR count). The number of anilines is 1. The maximum atomic E-state index is 12.2. The quantitative estimate of drug-likeness (QED) is 0.550. The second-order valence-electron chi connectivity index (χ2n) is 6.33. The van der Waals surface area contributed by atoms with Gasteiger partial charge in [0.15, 0.2) is 0 Å². The number of rotatable bonds is 7. The van der Waals surface area contributed by atoms with E-state index < -0.39 is 10.0 Å². The van der Waals surface area contributed by atoms with Crippen LogP contribution < -0.4 is 14.5 Å². The molecular weight excluding hydrogens is 398 g/mol. The van der Waals surface area contributed by atoms with Gasteiger partial charge in [0.2, 0.25) is 10.0 Å². The van der Waals surface area contributed by atoms with Crippen LogP contribution in [0.2, 0.25) is 0 Å². The number of amides is 1. The molecule has 0 bridgehead atoms. The number of carbonyl (C=O) groups is 1. The van der Waals surface area contributed by atoms with Crippen molar-refractivity contribution in [3.05, 3.63) is 59.7 Å². The second-order valence-corrected chi connectivity index (χ2v) is 9.41. The van der Waals surface area contributed by atoms with Crippen LogP contribution in [-0.4, -0.2) is 51.5 Å². The Labute approximate surface area is 168 Å². The van der Waals surface area contributed by atoms with Gasteiger partial charge in [-0.05, 0) is 42.0 Å². The van der Waals surface area contributed by atoms with Crippen molar-refractivity contribution in [1.29, 1.82) is 0 Å². The standard InChI is InChI=1S/C19H21N3O4S2/c1-22(28(2,24)25)16-8-6-15(7-9-16)19(23)21-20-11-14-4-3-5-17(10-14)26-18-12-27-13-18/h3-11,18H,12-13H2,1-2H3,(H,21,23)/b20-11-. The fourth-order valence-corrected chi connectivity index (χ4v) is 3.46. The highest BCUT2D eigenvalue weighted by Gasteiger charge is 2.19. The molecule has 2 aromatic carbocycles. The first-order valence-corrected chi connectivity index (χ1v) is 11.5. The zero-order valence-electron chi connectivity index (χ0n) is 15.5. The number of nitrogens with zero attached hydrogens (tertiary/aromatic N) is 2. The number of benzene rings is 2. The lowest BCUT2D eigenvalue weighted by Crippen LogP contribution is -2.31. The number of ether oxygens (including phenoxy) is 1. The third-order valence-corrected chi connectivity index (χ3v) is 6.56. The van der Waals surface area contributed by atoms with Crippen molar-refractivity contribution in [2.75, 3.05) is 29.1 Å². The zero-order valence-corrected chi connectivity index (χ0v) is 17.2. The third-order valence-electron chi connectivity index (χ3n) is 4.14. The first-order chi connectivity index (χ1) is 13.3. The maximum Gasteiger partial charge on any atom is 0.271 e. The molecule has 1 aliphatic rings. The van der Waals surface area contributed by atoms with E-state index in [0.717, 1.165) is 33.4 Å². The Morgan fingerprint density at radius 2 is 1.96 bits per heavy atom. The first-order valence-electron chi connectivity index (χ1n) is 8.55. The van der Waals surface area contributed by atoms with Crippen molar-refractivity contribution in [2.45, 2.75) is 6.10 Å². The van der Waals surface area contributed by atoms with Gasteiger partial charge >= 0.3 is 0 Å². The molecule has 148 valence electrons. The summed E-state index contributed by atoms with van der Waals surface area (Å²) in [6.45, 7) is 0. The van der Waals surface area contributed by atoms with E-state index in [0.29, 0.717) is 11.3 Å². The molecule has 0 atom stereocenters. The molecule has 2 aromatic rings. The second kappa shape index (κ2) is 8.66. The van der Waals surface area contributed by atoms with E-state index in [4.69, 9.17) is 4.74 Å². The molecule has 0 spiro atoms. The molecule has 0 radical (unpaired) electrons. The minimum absolute atomic E-state index is 0.265. The zero-order chi connectivity index (χ0) is 20.1. The lowest BCUT2D eigenvalue weighted by Gasteiger charge is -2.25. The highest BCUT2D eigenvalue weighted by molar-refractivity contribution is 8.00. The molecule has 0 aliphatic carbocycles. The Hall–Kier alpha value is -2.52. The van der Waals surface area contributed by atoms with Crippen molar-refractivity contribution in [2.24, 2.45) is 5.10 Å². The average molecular weight is 420 g/mol. The smallest absolute Gasteiger partial charge is 0.271 e. The van der Waals surface area contributed by atoms with Gasteiger partial charge in [-0.25, -0.2) is 13.8 Å². The van der Waals surface area contributed by atoms with E-state index >= 15 is 0 Å². The molecule has 0 aromatic heterocycles. The predicted octanol–water partition coefficient (Wildman–Crippen LogP) is 2.34. The Morgan fingerprint density at radius 3 is 2.57 bits per heavy atom. The SMILES string of the molecule is CN(c1ccc(C(=O)N/N=C\c2cccc(OC3CSC3)c2)cc1)S(C)(=O)=O. The fourth-order valence-electron chi connectivity index (χ4n) is 2.39. The summed E-state index contributed by atoms with van der Waals surface area (Å²) in [6.07, 6.45) is 2.93. The van der Waals surface area contributed by atoms with E-state index in [-0.39, 0.29) is 12.0 Å². The van der Waals surface area contributed by atoms with Crippen molar-refractivity contribution >= 4 is 39.6 Å². The van der Waals surface area contributed by atoms with Crippen molar-refractivity contribution in [3.8, 4) is 5.75 Å². The number of hydrogen-bond donors (Lipinski definition) is 1. The molecule has 28 heavy (non-hydrogen) atoms. The van der Waals surface area contributed by atoms with E-state index in [1.165, 1.54) is 7.05 Å². The average Bonchev–Trinajstić information content (AvgIpc) is 2.64. The monoisotopic (exact) mass is 419 g/mol. The lowest BCUT2D eigenvalue weighted by atomic mass is 10.2. The molecule has 1 fully saturated rings. The number of carbonyl (C=O) groups excluding carboxylic acids is 1. The summed E-state index contributed by atoms with van der Waals surface area (Å²) < 4.78 is 30.1. The van der Waals surface area contributed by atoms with Crippen LogP contribution in [0.3, 0.4) is 0 Å². The van der Waals surface area contributed by atoms with Gasteiger partial charge in [0.25, 0.3) is 5.91 Å². The van der Waals surface area contributed by atoms with E-state index in [1.54, 1.807) is 30.5 Å². The fraction of sp³-hybridized carbons (Fsp3) is 0.263. The van der Waals surface area contributed by atoms with E-state index in [9.17, 15) is 13.2 Å². The van der Waals surface area contributed by atoms with Gasteiger partial charge in [-0.2, -0.15) is 16.9 Å². The highest BCUT2D eigenvalue weighted by Crippen LogP contribution is 2.24. The summed E-state index contributed by atoms with van der Waals surface area (Å²) >= 11 is 1.86. The number of hydrazone groups is 1. The molecule has 9 heteroatoms. The van der Waals surface area contributed by atoms with Gasteiger partial charge in [-0.1, -0.05) is 12.1 Å². The van der Waals surface area contributed by atoms with Gasteiger partial charge in [0.1, 0.15) is 11.9 Å². The molecule has 1 saturated heterocycles. The lowest BCUT2D eigenvalue weighted by molar-refractivity contribution is 0.0955.